The van der Waals surface area contributed by atoms with Gasteiger partial charge in [0.25, 0.3) is 0 Å². The fraction of sp³-hybridized carbons (Fsp3) is 0.370. The van der Waals surface area contributed by atoms with Gasteiger partial charge in [0.2, 0.25) is 0 Å². The summed E-state index contributed by atoms with van der Waals surface area (Å²) < 4.78 is 94.4. The molecule has 2 aromatic carbocycles. The second kappa shape index (κ2) is 11.3. The molecule has 12 heteroatoms. The lowest BCUT2D eigenvalue weighted by Crippen LogP contribution is -2.31. The molecule has 0 spiro atoms. The van der Waals surface area contributed by atoms with Crippen LogP contribution in [0.1, 0.15) is 41.3 Å². The van der Waals surface area contributed by atoms with Crippen molar-refractivity contribution in [1.82, 2.24) is 9.88 Å². The van der Waals surface area contributed by atoms with Crippen LogP contribution in [0.5, 0.6) is 5.75 Å². The highest BCUT2D eigenvalue weighted by Gasteiger charge is 2.38. The number of amides is 1. The number of carbonyl (C=O) groups excluding carboxylic acids is 1. The third-order valence-corrected chi connectivity index (χ3v) is 6.49. The standard InChI is InChI=1S/C27H26F6N2O4/c1-16-24(39-25(37)34-14-23(36)17-6-3-2-4-7-17)13-22(35(16)15-19-8-5-11-38-19)20-12-18(26(28,29)30)9-10-21(20)27(31,32)33/h2-4,6-7,9-10,12-13,19,23,36H,5,8,11,14-15H2,1H3,(H,34,37)/t19-,23-/m1/s1. The SMILES string of the molecule is Cc1c(OC(=O)NC[C@@H](O)c2ccccc2)cc(-c2cc(C(F)(F)F)ccc2C(F)(F)F)n1C[C@H]1CCCO1. The van der Waals surface area contributed by atoms with E-state index in [-0.39, 0.29) is 36.3 Å². The quantitative estimate of drug-likeness (QED) is 0.326. The van der Waals surface area contributed by atoms with E-state index in [0.717, 1.165) is 12.5 Å². The van der Waals surface area contributed by atoms with Crippen LogP contribution in [0.25, 0.3) is 11.3 Å². The van der Waals surface area contributed by atoms with Crippen molar-refractivity contribution in [2.45, 2.75) is 50.9 Å². The Balaban J connectivity index is 1.68. The Kier molecular flexibility index (Phi) is 8.26. The smallest absolute Gasteiger partial charge is 0.408 e. The Morgan fingerprint density at radius 1 is 1.10 bits per heavy atom. The minimum atomic E-state index is -4.95. The van der Waals surface area contributed by atoms with Crippen LogP contribution >= 0.6 is 0 Å². The van der Waals surface area contributed by atoms with Crippen LogP contribution in [-0.4, -0.2) is 35.0 Å². The van der Waals surface area contributed by atoms with Gasteiger partial charge in [0.15, 0.2) is 5.75 Å². The molecule has 4 rings (SSSR count). The molecule has 2 N–H and O–H groups in total. The molecule has 1 saturated heterocycles. The number of aromatic nitrogens is 1. The summed E-state index contributed by atoms with van der Waals surface area (Å²) >= 11 is 0. The van der Waals surface area contributed by atoms with Gasteiger partial charge in [-0.05, 0) is 43.5 Å². The third kappa shape index (κ3) is 6.74. The first-order valence-electron chi connectivity index (χ1n) is 12.1. The lowest BCUT2D eigenvalue weighted by atomic mass is 10.00. The molecule has 210 valence electrons. The maximum Gasteiger partial charge on any atom is 0.417 e. The van der Waals surface area contributed by atoms with E-state index in [9.17, 15) is 36.2 Å². The highest BCUT2D eigenvalue weighted by atomic mass is 19.4. The van der Waals surface area contributed by atoms with E-state index in [4.69, 9.17) is 9.47 Å². The average Bonchev–Trinajstić information content (AvgIpc) is 3.50. The molecular weight excluding hydrogens is 530 g/mol. The second-order valence-corrected chi connectivity index (χ2v) is 9.18. The number of halogens is 6. The van der Waals surface area contributed by atoms with Crippen molar-refractivity contribution >= 4 is 6.09 Å². The van der Waals surface area contributed by atoms with Gasteiger partial charge in [-0.25, -0.2) is 4.79 Å². The molecule has 0 saturated carbocycles. The number of carbonyl (C=O) groups is 1. The molecule has 0 radical (unpaired) electrons. The van der Waals surface area contributed by atoms with Crippen molar-refractivity contribution in [1.29, 1.82) is 0 Å². The van der Waals surface area contributed by atoms with Crippen LogP contribution < -0.4 is 10.1 Å². The molecule has 0 bridgehead atoms. The van der Waals surface area contributed by atoms with E-state index < -0.39 is 41.2 Å². The Bertz CT molecular complexity index is 1300. The Hall–Kier alpha value is -3.51. The molecule has 1 aromatic heterocycles. The third-order valence-electron chi connectivity index (χ3n) is 6.49. The predicted octanol–water partition coefficient (Wildman–Crippen LogP) is 6.50. The lowest BCUT2D eigenvalue weighted by Gasteiger charge is -2.20. The zero-order valence-corrected chi connectivity index (χ0v) is 20.8. The highest BCUT2D eigenvalue weighted by Crippen LogP contribution is 2.43. The summed E-state index contributed by atoms with van der Waals surface area (Å²) in [5, 5.41) is 12.6. The van der Waals surface area contributed by atoms with Gasteiger partial charge in [0.05, 0.1) is 41.3 Å². The van der Waals surface area contributed by atoms with E-state index in [2.05, 4.69) is 5.32 Å². The molecule has 2 heterocycles. The van der Waals surface area contributed by atoms with Crippen molar-refractivity contribution in [3.8, 4) is 17.0 Å². The van der Waals surface area contributed by atoms with Crippen molar-refractivity contribution in [2.75, 3.05) is 13.2 Å². The number of hydrogen-bond acceptors (Lipinski definition) is 4. The lowest BCUT2D eigenvalue weighted by molar-refractivity contribution is -0.141. The monoisotopic (exact) mass is 556 g/mol. The first-order chi connectivity index (χ1) is 18.3. The molecule has 6 nitrogen and oxygen atoms in total. The number of ether oxygens (including phenoxy) is 2. The summed E-state index contributed by atoms with van der Waals surface area (Å²) in [5.74, 6) is -0.139. The van der Waals surface area contributed by atoms with Gasteiger partial charge < -0.3 is 24.5 Å². The Morgan fingerprint density at radius 3 is 2.44 bits per heavy atom. The van der Waals surface area contributed by atoms with Crippen molar-refractivity contribution in [3.63, 3.8) is 0 Å². The highest BCUT2D eigenvalue weighted by molar-refractivity contribution is 5.74. The van der Waals surface area contributed by atoms with Crippen LogP contribution in [0, 0.1) is 6.92 Å². The molecule has 1 fully saturated rings. The van der Waals surface area contributed by atoms with E-state index in [1.807, 2.05) is 0 Å². The van der Waals surface area contributed by atoms with Gasteiger partial charge in [-0.15, -0.1) is 0 Å². The van der Waals surface area contributed by atoms with Crippen molar-refractivity contribution in [2.24, 2.45) is 0 Å². The van der Waals surface area contributed by atoms with E-state index >= 15 is 0 Å². The van der Waals surface area contributed by atoms with Gasteiger partial charge in [-0.3, -0.25) is 0 Å². The van der Waals surface area contributed by atoms with Crippen LogP contribution in [-0.2, 0) is 23.6 Å². The number of benzene rings is 2. The summed E-state index contributed by atoms with van der Waals surface area (Å²) in [6.07, 6.45) is -10.9. The number of nitrogens with one attached hydrogen (secondary N) is 1. The number of nitrogens with zero attached hydrogens (tertiary/aromatic N) is 1. The molecule has 3 aromatic rings. The van der Waals surface area contributed by atoms with Gasteiger partial charge in [0, 0.05) is 24.8 Å². The molecule has 1 aliphatic heterocycles. The maximum atomic E-state index is 13.9. The van der Waals surface area contributed by atoms with Gasteiger partial charge in [-0.2, -0.15) is 26.3 Å². The van der Waals surface area contributed by atoms with Gasteiger partial charge in [0.1, 0.15) is 0 Å². The molecule has 0 aliphatic carbocycles. The number of alkyl halides is 6. The average molecular weight is 557 g/mol. The Labute approximate surface area is 220 Å². The van der Waals surface area contributed by atoms with Crippen molar-refractivity contribution in [3.05, 3.63) is 77.0 Å². The summed E-state index contributed by atoms with van der Waals surface area (Å²) in [6, 6.07) is 10.8. The van der Waals surface area contributed by atoms with Crippen LogP contribution in [0.4, 0.5) is 31.1 Å². The van der Waals surface area contributed by atoms with Crippen LogP contribution in [0.2, 0.25) is 0 Å². The number of rotatable bonds is 7. The molecule has 39 heavy (non-hydrogen) atoms. The van der Waals surface area contributed by atoms with E-state index in [1.165, 1.54) is 11.5 Å². The molecule has 1 aliphatic rings. The zero-order valence-electron chi connectivity index (χ0n) is 20.8. The number of hydrogen-bond donors (Lipinski definition) is 2. The van der Waals surface area contributed by atoms with Crippen LogP contribution in [0.3, 0.4) is 0 Å². The largest absolute Gasteiger partial charge is 0.417 e. The molecule has 0 unspecified atom stereocenters. The normalized spacial score (nSPS) is 16.8. The zero-order chi connectivity index (χ0) is 28.4. The minimum Gasteiger partial charge on any atom is -0.408 e. The first kappa shape index (κ1) is 28.5. The Morgan fingerprint density at radius 2 is 1.82 bits per heavy atom. The summed E-state index contributed by atoms with van der Waals surface area (Å²) in [5.41, 5.74) is -2.64. The van der Waals surface area contributed by atoms with Crippen molar-refractivity contribution < 1.29 is 45.7 Å². The van der Waals surface area contributed by atoms with E-state index in [1.54, 1.807) is 30.3 Å². The van der Waals surface area contributed by atoms with E-state index in [0.29, 0.717) is 36.8 Å². The summed E-state index contributed by atoms with van der Waals surface area (Å²) in [4.78, 5) is 12.5. The number of aliphatic hydroxyl groups is 1. The predicted molar refractivity (Wildman–Crippen MR) is 129 cm³/mol. The topological polar surface area (TPSA) is 72.7 Å². The maximum absolute atomic E-state index is 13.9. The molecule has 2 atom stereocenters. The minimum absolute atomic E-state index is 0.0480. The fourth-order valence-corrected chi connectivity index (χ4v) is 4.46. The molecular formula is C27H26F6N2O4. The van der Waals surface area contributed by atoms with Gasteiger partial charge >= 0.3 is 18.4 Å². The molecule has 1 amide bonds. The summed E-state index contributed by atoms with van der Waals surface area (Å²) in [6.45, 7) is 1.78. The van der Waals surface area contributed by atoms with Gasteiger partial charge in [-0.1, -0.05) is 30.3 Å². The first-order valence-corrected chi connectivity index (χ1v) is 12.1. The second-order valence-electron chi connectivity index (χ2n) is 9.18. The fourth-order valence-electron chi connectivity index (χ4n) is 4.46. The number of aliphatic hydroxyl groups excluding tert-OH is 1. The summed E-state index contributed by atoms with van der Waals surface area (Å²) in [7, 11) is 0. The van der Waals surface area contributed by atoms with Crippen LogP contribution in [0.15, 0.2) is 54.6 Å².